The third kappa shape index (κ3) is 3.98. The predicted octanol–water partition coefficient (Wildman–Crippen LogP) is 6.24. The predicted molar refractivity (Wildman–Crippen MR) is 138 cm³/mol. The number of pyridine rings is 1. The number of nitrogens with one attached hydrogen (secondary N) is 1. The highest BCUT2D eigenvalue weighted by atomic mass is 32.2. The van der Waals surface area contributed by atoms with Crippen LogP contribution >= 0.6 is 23.1 Å². The van der Waals surface area contributed by atoms with E-state index in [9.17, 15) is 4.79 Å². The second kappa shape index (κ2) is 8.43. The molecule has 1 N–H and O–H groups in total. The first-order chi connectivity index (χ1) is 15.8. The summed E-state index contributed by atoms with van der Waals surface area (Å²) in [5.41, 5.74) is 7.54. The van der Waals surface area contributed by atoms with Crippen molar-refractivity contribution in [1.82, 2.24) is 19.6 Å². The summed E-state index contributed by atoms with van der Waals surface area (Å²) in [4.78, 5) is 17.7. The lowest BCUT2D eigenvalue weighted by atomic mass is 10.0. The molecule has 3 heterocycles. The van der Waals surface area contributed by atoms with Crippen molar-refractivity contribution < 1.29 is 4.79 Å². The maximum Gasteiger partial charge on any atom is 0.239 e. The standard InChI is InChI=1S/C25H25N5OS2/c1-6-19(23(31)27-24-26-18-8-7-13(2)11-20(18)32-24)33-25-29-28-21-12-15(4)17-10-14(3)9-16(5)22(17)30(21)25/h7-12,19H,6H2,1-5H3,(H,26,27,31). The lowest BCUT2D eigenvalue weighted by Gasteiger charge is -2.14. The minimum Gasteiger partial charge on any atom is -0.301 e. The van der Waals surface area contributed by atoms with E-state index in [1.165, 1.54) is 50.7 Å². The highest BCUT2D eigenvalue weighted by Crippen LogP contribution is 2.32. The molecule has 1 atom stereocenters. The number of rotatable bonds is 5. The summed E-state index contributed by atoms with van der Waals surface area (Å²) in [5.74, 6) is -0.0704. The van der Waals surface area contributed by atoms with E-state index in [1.54, 1.807) is 0 Å². The third-order valence-electron chi connectivity index (χ3n) is 5.78. The van der Waals surface area contributed by atoms with Crippen molar-refractivity contribution in [3.05, 3.63) is 58.7 Å². The minimum absolute atomic E-state index is 0.0704. The van der Waals surface area contributed by atoms with Crippen molar-refractivity contribution in [3.63, 3.8) is 0 Å². The maximum absolute atomic E-state index is 13.2. The zero-order valence-electron chi connectivity index (χ0n) is 19.3. The largest absolute Gasteiger partial charge is 0.301 e. The fraction of sp³-hybridized carbons (Fsp3) is 0.280. The topological polar surface area (TPSA) is 72.2 Å². The van der Waals surface area contributed by atoms with Crippen molar-refractivity contribution in [2.75, 3.05) is 5.32 Å². The van der Waals surface area contributed by atoms with Crippen molar-refractivity contribution >= 4 is 60.9 Å². The maximum atomic E-state index is 13.2. The summed E-state index contributed by atoms with van der Waals surface area (Å²) in [6.45, 7) is 10.4. The van der Waals surface area contributed by atoms with E-state index in [1.807, 2.05) is 19.1 Å². The molecule has 33 heavy (non-hydrogen) atoms. The summed E-state index contributed by atoms with van der Waals surface area (Å²) >= 11 is 2.95. The zero-order chi connectivity index (χ0) is 23.3. The molecule has 8 heteroatoms. The normalized spacial score (nSPS) is 12.6. The molecule has 6 nitrogen and oxygen atoms in total. The molecule has 0 aliphatic carbocycles. The number of benzene rings is 2. The molecular weight excluding hydrogens is 450 g/mol. The molecule has 1 unspecified atom stereocenters. The Morgan fingerprint density at radius 3 is 2.67 bits per heavy atom. The number of carbonyl (C=O) groups is 1. The molecule has 0 spiro atoms. The number of aryl methyl sites for hydroxylation is 4. The zero-order valence-corrected chi connectivity index (χ0v) is 20.9. The van der Waals surface area contributed by atoms with Gasteiger partial charge in [-0.25, -0.2) is 4.98 Å². The number of carbonyl (C=O) groups excluding carboxylic acids is 1. The number of hydrogen-bond donors (Lipinski definition) is 1. The summed E-state index contributed by atoms with van der Waals surface area (Å²) in [6, 6.07) is 12.5. The van der Waals surface area contributed by atoms with Gasteiger partial charge >= 0.3 is 0 Å². The van der Waals surface area contributed by atoms with Crippen molar-refractivity contribution in [2.45, 2.75) is 51.4 Å². The number of fused-ring (bicyclic) bond motifs is 4. The average Bonchev–Trinajstić information content (AvgIpc) is 3.34. The molecule has 168 valence electrons. The Balaban J connectivity index is 1.48. The molecular formula is C25H25N5OS2. The lowest BCUT2D eigenvalue weighted by Crippen LogP contribution is -2.24. The van der Waals surface area contributed by atoms with Gasteiger partial charge in [-0.05, 0) is 75.1 Å². The summed E-state index contributed by atoms with van der Waals surface area (Å²) in [7, 11) is 0. The third-order valence-corrected chi connectivity index (χ3v) is 8.02. The molecule has 0 saturated heterocycles. The van der Waals surface area contributed by atoms with Crippen LogP contribution in [0.1, 0.15) is 35.6 Å². The van der Waals surface area contributed by atoms with Gasteiger partial charge in [0.05, 0.1) is 21.0 Å². The molecule has 1 amide bonds. The van der Waals surface area contributed by atoms with Crippen LogP contribution < -0.4 is 5.32 Å². The van der Waals surface area contributed by atoms with Gasteiger partial charge in [0.15, 0.2) is 15.9 Å². The summed E-state index contributed by atoms with van der Waals surface area (Å²) in [5, 5.41) is 14.1. The molecule has 0 fully saturated rings. The highest BCUT2D eigenvalue weighted by Gasteiger charge is 2.23. The van der Waals surface area contributed by atoms with E-state index in [0.29, 0.717) is 11.6 Å². The van der Waals surface area contributed by atoms with Gasteiger partial charge in [0.1, 0.15) is 0 Å². The molecule has 0 bridgehead atoms. The van der Waals surface area contributed by atoms with Crippen molar-refractivity contribution in [1.29, 1.82) is 0 Å². The summed E-state index contributed by atoms with van der Waals surface area (Å²) < 4.78 is 3.15. The second-order valence-electron chi connectivity index (χ2n) is 8.48. The van der Waals surface area contributed by atoms with Crippen LogP contribution in [-0.2, 0) is 4.79 Å². The number of nitrogens with zero attached hydrogens (tertiary/aromatic N) is 4. The Kier molecular flexibility index (Phi) is 5.58. The molecule has 0 radical (unpaired) electrons. The lowest BCUT2D eigenvalue weighted by molar-refractivity contribution is -0.115. The number of thioether (sulfide) groups is 1. The van der Waals surface area contributed by atoms with Crippen LogP contribution in [0.25, 0.3) is 26.8 Å². The fourth-order valence-electron chi connectivity index (χ4n) is 4.21. The van der Waals surface area contributed by atoms with Crippen LogP contribution in [0, 0.1) is 27.7 Å². The average molecular weight is 476 g/mol. The van der Waals surface area contributed by atoms with Gasteiger partial charge in [0, 0.05) is 5.39 Å². The monoisotopic (exact) mass is 475 g/mol. The molecule has 0 saturated carbocycles. The Bertz CT molecular complexity index is 1530. The first-order valence-electron chi connectivity index (χ1n) is 10.9. The Hall–Kier alpha value is -2.97. The van der Waals surface area contributed by atoms with Gasteiger partial charge in [-0.15, -0.1) is 10.2 Å². The number of thiazole rings is 1. The molecule has 5 aromatic rings. The van der Waals surface area contributed by atoms with Crippen LogP contribution in [0.2, 0.25) is 0 Å². The van der Waals surface area contributed by atoms with Gasteiger partial charge < -0.3 is 5.32 Å². The van der Waals surface area contributed by atoms with E-state index in [0.717, 1.165) is 26.5 Å². The Labute approximate surface area is 200 Å². The summed E-state index contributed by atoms with van der Waals surface area (Å²) in [6.07, 6.45) is 0.664. The molecule has 0 aliphatic rings. The van der Waals surface area contributed by atoms with Crippen LogP contribution in [-0.4, -0.2) is 30.7 Å². The Morgan fingerprint density at radius 2 is 1.88 bits per heavy atom. The SMILES string of the molecule is CCC(Sc1nnc2cc(C)c3cc(C)cc(C)c3n12)C(=O)Nc1nc2ccc(C)cc2s1. The Morgan fingerprint density at radius 1 is 1.06 bits per heavy atom. The van der Waals surface area contributed by atoms with Crippen LogP contribution in [0.4, 0.5) is 5.13 Å². The van der Waals surface area contributed by atoms with Gasteiger partial charge in [-0.2, -0.15) is 0 Å². The first-order valence-corrected chi connectivity index (χ1v) is 12.6. The first kappa shape index (κ1) is 21.9. The van der Waals surface area contributed by atoms with E-state index in [-0.39, 0.29) is 11.2 Å². The number of aromatic nitrogens is 4. The molecule has 5 rings (SSSR count). The molecule has 3 aromatic heterocycles. The van der Waals surface area contributed by atoms with Crippen molar-refractivity contribution in [2.24, 2.45) is 0 Å². The number of hydrogen-bond acceptors (Lipinski definition) is 6. The minimum atomic E-state index is -0.312. The second-order valence-corrected chi connectivity index (χ2v) is 10.7. The van der Waals surface area contributed by atoms with E-state index in [4.69, 9.17) is 0 Å². The number of anilines is 1. The smallest absolute Gasteiger partial charge is 0.239 e. The highest BCUT2D eigenvalue weighted by molar-refractivity contribution is 8.00. The molecule has 0 aliphatic heterocycles. The van der Waals surface area contributed by atoms with E-state index >= 15 is 0 Å². The van der Waals surface area contributed by atoms with Gasteiger partial charge in [0.2, 0.25) is 5.91 Å². The molecule has 2 aromatic carbocycles. The van der Waals surface area contributed by atoms with E-state index in [2.05, 4.69) is 76.9 Å². The van der Waals surface area contributed by atoms with Gasteiger partial charge in [-0.3, -0.25) is 9.20 Å². The van der Waals surface area contributed by atoms with Crippen LogP contribution in [0.5, 0.6) is 0 Å². The van der Waals surface area contributed by atoms with Gasteiger partial charge in [-0.1, -0.05) is 47.7 Å². The van der Waals surface area contributed by atoms with Crippen LogP contribution in [0.3, 0.4) is 0 Å². The van der Waals surface area contributed by atoms with Gasteiger partial charge in [0.25, 0.3) is 0 Å². The fourth-order valence-corrected chi connectivity index (χ4v) is 6.14. The number of amides is 1. The van der Waals surface area contributed by atoms with Crippen molar-refractivity contribution in [3.8, 4) is 0 Å². The quantitative estimate of drug-likeness (QED) is 0.305. The van der Waals surface area contributed by atoms with Crippen LogP contribution in [0.15, 0.2) is 41.6 Å². The van der Waals surface area contributed by atoms with E-state index < -0.39 is 0 Å².